The summed E-state index contributed by atoms with van der Waals surface area (Å²) in [6.07, 6.45) is 2.00. The van der Waals surface area contributed by atoms with Gasteiger partial charge in [-0.3, -0.25) is 0 Å². The van der Waals surface area contributed by atoms with E-state index in [4.69, 9.17) is 10.2 Å². The zero-order valence-electron chi connectivity index (χ0n) is 16.6. The predicted octanol–water partition coefficient (Wildman–Crippen LogP) is 3.54. The Labute approximate surface area is 173 Å². The molecule has 3 N–H and O–H groups in total. The third-order valence-corrected chi connectivity index (χ3v) is 4.70. The Morgan fingerprint density at radius 2 is 1.50 bits per heavy atom. The molecule has 0 saturated heterocycles. The lowest BCUT2D eigenvalue weighted by atomic mass is 10.1. The van der Waals surface area contributed by atoms with Crippen molar-refractivity contribution in [1.29, 1.82) is 0 Å². The molecule has 6 heteroatoms. The number of rotatable bonds is 11. The maximum atomic E-state index is 13.1. The van der Waals surface area contributed by atoms with Crippen molar-refractivity contribution >= 4 is 18.1 Å². The number of benzene rings is 2. The summed E-state index contributed by atoms with van der Waals surface area (Å²) in [7, 11) is 0. The molecule has 0 fully saturated rings. The highest BCUT2D eigenvalue weighted by atomic mass is 35.5. The summed E-state index contributed by atoms with van der Waals surface area (Å²) >= 11 is 0. The Morgan fingerprint density at radius 1 is 0.929 bits per heavy atom. The number of hydrogen-bond donors (Lipinski definition) is 3. The van der Waals surface area contributed by atoms with Crippen LogP contribution in [0.1, 0.15) is 31.4 Å². The van der Waals surface area contributed by atoms with Crippen LogP contribution < -0.4 is 10.2 Å². The molecule has 0 spiro atoms. The van der Waals surface area contributed by atoms with Crippen LogP contribution >= 0.6 is 12.4 Å². The molecule has 0 saturated carbocycles. The lowest BCUT2D eigenvalue weighted by Gasteiger charge is -2.29. The fraction of sp³-hybridized carbons (Fsp3) is 0.455. The lowest BCUT2D eigenvalue weighted by Crippen LogP contribution is -2.35. The molecule has 2 aromatic carbocycles. The van der Waals surface area contributed by atoms with Gasteiger partial charge in [0.25, 0.3) is 0 Å². The van der Waals surface area contributed by atoms with Crippen molar-refractivity contribution in [2.45, 2.75) is 45.3 Å². The van der Waals surface area contributed by atoms with Crippen LogP contribution in [0.15, 0.2) is 48.5 Å². The van der Waals surface area contributed by atoms with Gasteiger partial charge in [0.15, 0.2) is 0 Å². The van der Waals surface area contributed by atoms with Gasteiger partial charge in [-0.2, -0.15) is 0 Å². The Morgan fingerprint density at radius 3 is 2.04 bits per heavy atom. The topological polar surface area (TPSA) is 55.7 Å². The van der Waals surface area contributed by atoms with E-state index < -0.39 is 0 Å². The Hall–Kier alpha value is -1.66. The van der Waals surface area contributed by atoms with Gasteiger partial charge in [0, 0.05) is 24.8 Å². The Bertz CT molecular complexity index is 661. The Kier molecular flexibility index (Phi) is 11.1. The van der Waals surface area contributed by atoms with Crippen LogP contribution in [0.3, 0.4) is 0 Å². The van der Waals surface area contributed by atoms with E-state index in [-0.39, 0.29) is 37.5 Å². The first-order valence-electron chi connectivity index (χ1n) is 9.58. The first kappa shape index (κ1) is 24.4. The number of halogens is 2. The van der Waals surface area contributed by atoms with Gasteiger partial charge in [-0.1, -0.05) is 24.3 Å². The molecule has 0 aliphatic rings. The first-order valence-corrected chi connectivity index (χ1v) is 9.58. The molecule has 156 valence electrons. The second-order valence-corrected chi connectivity index (χ2v) is 7.13. The SMILES string of the molecule is CC(C)N(CCCc1ccc(CNC(CO)CO)cc1)c1ccc(F)cc1.Cl. The highest BCUT2D eigenvalue weighted by molar-refractivity contribution is 5.85. The van der Waals surface area contributed by atoms with Gasteiger partial charge < -0.3 is 20.4 Å². The summed E-state index contributed by atoms with van der Waals surface area (Å²) in [6.45, 7) is 5.69. The van der Waals surface area contributed by atoms with Gasteiger partial charge in [0.2, 0.25) is 0 Å². The van der Waals surface area contributed by atoms with E-state index in [0.29, 0.717) is 12.6 Å². The molecule has 0 heterocycles. The zero-order chi connectivity index (χ0) is 19.6. The molecule has 0 unspecified atom stereocenters. The molecule has 28 heavy (non-hydrogen) atoms. The van der Waals surface area contributed by atoms with Crippen molar-refractivity contribution in [3.8, 4) is 0 Å². The summed E-state index contributed by atoms with van der Waals surface area (Å²) in [5.41, 5.74) is 3.46. The third-order valence-electron chi connectivity index (χ3n) is 4.70. The van der Waals surface area contributed by atoms with E-state index in [2.05, 4.69) is 48.3 Å². The highest BCUT2D eigenvalue weighted by Crippen LogP contribution is 2.18. The van der Waals surface area contributed by atoms with Crippen LogP contribution in [0.5, 0.6) is 0 Å². The quantitative estimate of drug-likeness (QED) is 0.530. The first-order chi connectivity index (χ1) is 13.0. The maximum Gasteiger partial charge on any atom is 0.123 e. The standard InChI is InChI=1S/C22H31FN2O2.ClH/c1-17(2)25(22-11-9-20(23)10-12-22)13-3-4-18-5-7-19(8-6-18)14-24-21(15-26)16-27;/h5-12,17,21,24,26-27H,3-4,13-16H2,1-2H3;1H. The van der Waals surface area contributed by atoms with Gasteiger partial charge in [-0.15, -0.1) is 12.4 Å². The largest absolute Gasteiger partial charge is 0.395 e. The average molecular weight is 411 g/mol. The minimum atomic E-state index is -0.279. The number of nitrogens with one attached hydrogen (secondary N) is 1. The molecule has 0 radical (unpaired) electrons. The summed E-state index contributed by atoms with van der Waals surface area (Å²) < 4.78 is 13.1. The molecule has 0 atom stereocenters. The van der Waals surface area contributed by atoms with Crippen molar-refractivity contribution in [2.24, 2.45) is 0 Å². The molecule has 0 aliphatic carbocycles. The van der Waals surface area contributed by atoms with Gasteiger partial charge in [0.05, 0.1) is 19.3 Å². The van der Waals surface area contributed by atoms with Gasteiger partial charge >= 0.3 is 0 Å². The molecule has 2 rings (SSSR count). The predicted molar refractivity (Wildman–Crippen MR) is 116 cm³/mol. The van der Waals surface area contributed by atoms with E-state index >= 15 is 0 Å². The highest BCUT2D eigenvalue weighted by Gasteiger charge is 2.10. The number of aryl methyl sites for hydroxylation is 1. The van der Waals surface area contributed by atoms with Crippen LogP contribution in [0.2, 0.25) is 0 Å². The van der Waals surface area contributed by atoms with E-state index in [0.717, 1.165) is 30.6 Å². The molecule has 2 aromatic rings. The minimum Gasteiger partial charge on any atom is -0.395 e. The van der Waals surface area contributed by atoms with Crippen LogP contribution in [0.25, 0.3) is 0 Å². The van der Waals surface area contributed by atoms with Crippen molar-refractivity contribution < 1.29 is 14.6 Å². The number of nitrogens with zero attached hydrogens (tertiary/aromatic N) is 1. The summed E-state index contributed by atoms with van der Waals surface area (Å²) in [4.78, 5) is 2.29. The fourth-order valence-corrected chi connectivity index (χ4v) is 3.04. The molecular formula is C22H32ClFN2O2. The average Bonchev–Trinajstić information content (AvgIpc) is 2.68. The summed E-state index contributed by atoms with van der Waals surface area (Å²) in [5, 5.41) is 21.3. The molecule has 0 aliphatic heterocycles. The number of aliphatic hydroxyl groups is 2. The zero-order valence-corrected chi connectivity index (χ0v) is 17.5. The maximum absolute atomic E-state index is 13.1. The van der Waals surface area contributed by atoms with Gasteiger partial charge in [-0.05, 0) is 62.1 Å². The normalized spacial score (nSPS) is 11.0. The molecular weight excluding hydrogens is 379 g/mol. The van der Waals surface area contributed by atoms with Crippen LogP contribution in [-0.4, -0.2) is 42.1 Å². The van der Waals surface area contributed by atoms with Crippen molar-refractivity contribution in [2.75, 3.05) is 24.7 Å². The summed E-state index contributed by atoms with van der Waals surface area (Å²) in [5.74, 6) is -0.207. The lowest BCUT2D eigenvalue weighted by molar-refractivity contribution is 0.170. The molecule has 0 bridgehead atoms. The van der Waals surface area contributed by atoms with E-state index in [9.17, 15) is 4.39 Å². The fourth-order valence-electron chi connectivity index (χ4n) is 3.04. The smallest absolute Gasteiger partial charge is 0.123 e. The third kappa shape index (κ3) is 7.76. The number of hydrogen-bond acceptors (Lipinski definition) is 4. The van der Waals surface area contributed by atoms with Gasteiger partial charge in [0.1, 0.15) is 5.82 Å². The van der Waals surface area contributed by atoms with Crippen molar-refractivity contribution in [1.82, 2.24) is 5.32 Å². The van der Waals surface area contributed by atoms with E-state index in [1.807, 2.05) is 12.1 Å². The minimum absolute atomic E-state index is 0. The monoisotopic (exact) mass is 410 g/mol. The van der Waals surface area contributed by atoms with Crippen LogP contribution in [0, 0.1) is 5.82 Å². The van der Waals surface area contributed by atoms with Gasteiger partial charge in [-0.25, -0.2) is 4.39 Å². The molecule has 0 amide bonds. The van der Waals surface area contributed by atoms with Crippen LogP contribution in [0.4, 0.5) is 10.1 Å². The number of anilines is 1. The van der Waals surface area contributed by atoms with Crippen LogP contribution in [-0.2, 0) is 13.0 Å². The van der Waals surface area contributed by atoms with Crippen molar-refractivity contribution in [3.05, 3.63) is 65.5 Å². The second-order valence-electron chi connectivity index (χ2n) is 7.13. The van der Waals surface area contributed by atoms with E-state index in [1.165, 1.54) is 17.7 Å². The van der Waals surface area contributed by atoms with E-state index in [1.54, 1.807) is 0 Å². The number of aliphatic hydroxyl groups excluding tert-OH is 2. The Balaban J connectivity index is 0.00000392. The second kappa shape index (κ2) is 12.7. The molecule has 0 aromatic heterocycles. The van der Waals surface area contributed by atoms with Crippen molar-refractivity contribution in [3.63, 3.8) is 0 Å². The molecule has 4 nitrogen and oxygen atoms in total. The summed E-state index contributed by atoms with van der Waals surface area (Å²) in [6, 6.07) is 15.2.